The number of urea groups is 1. The molecule has 1 aromatic carbocycles. The molecule has 1 aliphatic rings. The zero-order valence-electron chi connectivity index (χ0n) is 16.9. The number of carbonyl (C=O) groups excluding carboxylic acids is 1. The number of nitrogens with one attached hydrogen (secondary N) is 2. The quantitative estimate of drug-likeness (QED) is 0.639. The van der Waals surface area contributed by atoms with Gasteiger partial charge in [0.25, 0.3) is 5.56 Å². The minimum atomic E-state index is -0.620. The molecule has 2 N–H and O–H groups in total. The normalized spacial score (nSPS) is 17.9. The monoisotopic (exact) mass is 442 g/mol. The molecule has 0 fully saturated rings. The van der Waals surface area contributed by atoms with Gasteiger partial charge < -0.3 is 10.2 Å². The molecule has 1 aliphatic heterocycles. The molecule has 160 valence electrons. The van der Waals surface area contributed by atoms with Crippen molar-refractivity contribution in [2.45, 2.75) is 38.8 Å². The third-order valence-electron chi connectivity index (χ3n) is 5.38. The first-order valence-electron chi connectivity index (χ1n) is 9.83. The van der Waals surface area contributed by atoms with Gasteiger partial charge in [0.05, 0.1) is 34.8 Å². The summed E-state index contributed by atoms with van der Waals surface area (Å²) in [6, 6.07) is 4.80. The number of aromatic nitrogens is 4. The smallest absolute Gasteiger partial charge is 0.313 e. The molecule has 0 aliphatic carbocycles. The predicted molar refractivity (Wildman–Crippen MR) is 114 cm³/mol. The maximum Gasteiger partial charge on any atom is 0.322 e. The number of fused-ring (bicyclic) bond motifs is 1. The van der Waals surface area contributed by atoms with Crippen LogP contribution in [0.3, 0.4) is 0 Å². The molecule has 3 aromatic rings. The van der Waals surface area contributed by atoms with Gasteiger partial charge in [-0.05, 0) is 43.5 Å². The molecular formula is C21H20ClFN6O2. The minimum Gasteiger partial charge on any atom is -0.313 e. The maximum absolute atomic E-state index is 14.8. The number of halogens is 2. The Morgan fingerprint density at radius 1 is 1.35 bits per heavy atom. The van der Waals surface area contributed by atoms with E-state index in [1.54, 1.807) is 11.0 Å². The Morgan fingerprint density at radius 2 is 2.16 bits per heavy atom. The molecular weight excluding hydrogens is 423 g/mol. The van der Waals surface area contributed by atoms with Crippen LogP contribution in [0.5, 0.6) is 0 Å². The van der Waals surface area contributed by atoms with Crippen LogP contribution in [0, 0.1) is 5.82 Å². The molecule has 0 saturated carbocycles. The standard InChI is InChI=1S/C21H20ClFN6O2/c1-3-18-20-13(7-19(30)27-28-20)6-11(2)29(18)21(31)26-17-9-15(22)14(8-16(17)23)12-4-5-24-25-10-12/h4-5,7-11,18H,3,6H2,1-2H3,(H,26,31)(H,27,30). The van der Waals surface area contributed by atoms with Crippen LogP contribution in [-0.2, 0) is 6.42 Å². The van der Waals surface area contributed by atoms with Gasteiger partial charge in [-0.3, -0.25) is 4.79 Å². The van der Waals surface area contributed by atoms with E-state index in [4.69, 9.17) is 11.6 Å². The van der Waals surface area contributed by atoms with Crippen LogP contribution < -0.4 is 10.9 Å². The van der Waals surface area contributed by atoms with Crippen molar-refractivity contribution < 1.29 is 9.18 Å². The highest BCUT2D eigenvalue weighted by molar-refractivity contribution is 6.33. The van der Waals surface area contributed by atoms with E-state index in [0.717, 1.165) is 5.56 Å². The van der Waals surface area contributed by atoms with Crippen molar-refractivity contribution >= 4 is 23.3 Å². The Balaban J connectivity index is 1.62. The summed E-state index contributed by atoms with van der Waals surface area (Å²) >= 11 is 6.35. The molecule has 0 spiro atoms. The number of H-pyrrole nitrogens is 1. The topological polar surface area (TPSA) is 104 Å². The number of benzene rings is 1. The summed E-state index contributed by atoms with van der Waals surface area (Å²) in [7, 11) is 0. The van der Waals surface area contributed by atoms with Crippen molar-refractivity contribution in [3.63, 3.8) is 0 Å². The summed E-state index contributed by atoms with van der Waals surface area (Å²) in [6.45, 7) is 3.81. The third-order valence-corrected chi connectivity index (χ3v) is 5.69. The fourth-order valence-electron chi connectivity index (χ4n) is 3.98. The van der Waals surface area contributed by atoms with Gasteiger partial charge in [-0.15, -0.1) is 0 Å². The number of anilines is 1. The molecule has 2 aromatic heterocycles. The Hall–Kier alpha value is -3.33. The number of hydrogen-bond acceptors (Lipinski definition) is 5. The largest absolute Gasteiger partial charge is 0.322 e. The molecule has 4 rings (SSSR count). The van der Waals surface area contributed by atoms with Gasteiger partial charge in [-0.2, -0.15) is 15.3 Å². The number of nitrogens with zero attached hydrogens (tertiary/aromatic N) is 4. The SMILES string of the molecule is CCC1c2n[nH]c(=O)cc2CC(C)N1C(=O)Nc1cc(Cl)c(-c2ccnnc2)cc1F. The fourth-order valence-corrected chi connectivity index (χ4v) is 4.26. The van der Waals surface area contributed by atoms with Crippen molar-refractivity contribution in [1.29, 1.82) is 0 Å². The van der Waals surface area contributed by atoms with Crippen molar-refractivity contribution in [1.82, 2.24) is 25.3 Å². The Kier molecular flexibility index (Phi) is 5.69. The van der Waals surface area contributed by atoms with Crippen molar-refractivity contribution in [3.8, 4) is 11.1 Å². The second kappa shape index (κ2) is 8.43. The highest BCUT2D eigenvalue weighted by Crippen LogP contribution is 2.35. The lowest BCUT2D eigenvalue weighted by molar-refractivity contribution is 0.145. The molecule has 0 saturated heterocycles. The molecule has 2 unspecified atom stereocenters. The van der Waals surface area contributed by atoms with Gasteiger partial charge in [-0.25, -0.2) is 14.3 Å². The van der Waals surface area contributed by atoms with E-state index in [9.17, 15) is 14.0 Å². The lowest BCUT2D eigenvalue weighted by Crippen LogP contribution is -2.48. The number of aromatic amines is 1. The molecule has 31 heavy (non-hydrogen) atoms. The van der Waals surface area contributed by atoms with E-state index in [1.165, 1.54) is 30.6 Å². The van der Waals surface area contributed by atoms with Crippen molar-refractivity contribution in [3.05, 3.63) is 69.1 Å². The van der Waals surface area contributed by atoms with E-state index < -0.39 is 11.8 Å². The van der Waals surface area contributed by atoms with E-state index in [2.05, 4.69) is 25.7 Å². The predicted octanol–water partition coefficient (Wildman–Crippen LogP) is 3.95. The van der Waals surface area contributed by atoms with Gasteiger partial charge in [0.2, 0.25) is 0 Å². The second-order valence-corrected chi connectivity index (χ2v) is 7.81. The molecule has 2 amide bonds. The summed E-state index contributed by atoms with van der Waals surface area (Å²) in [4.78, 5) is 26.4. The molecule has 3 heterocycles. The number of amides is 2. The first kappa shape index (κ1) is 20.9. The summed E-state index contributed by atoms with van der Waals surface area (Å²) in [5, 5.41) is 17.0. The first-order chi connectivity index (χ1) is 14.9. The lowest BCUT2D eigenvalue weighted by atomic mass is 9.92. The molecule has 2 atom stereocenters. The Labute approximate surface area is 182 Å². The number of hydrogen-bond donors (Lipinski definition) is 2. The average Bonchev–Trinajstić information content (AvgIpc) is 2.75. The summed E-state index contributed by atoms with van der Waals surface area (Å²) < 4.78 is 14.8. The van der Waals surface area contributed by atoms with E-state index in [0.29, 0.717) is 29.7 Å². The van der Waals surface area contributed by atoms with E-state index >= 15 is 0 Å². The maximum atomic E-state index is 14.8. The van der Waals surface area contributed by atoms with Crippen molar-refractivity contribution in [2.75, 3.05) is 5.32 Å². The van der Waals surface area contributed by atoms with Crippen LogP contribution in [0.4, 0.5) is 14.9 Å². The van der Waals surface area contributed by atoms with E-state index in [-0.39, 0.29) is 28.4 Å². The third kappa shape index (κ3) is 4.00. The molecule has 0 radical (unpaired) electrons. The van der Waals surface area contributed by atoms with Gasteiger partial charge in [-0.1, -0.05) is 18.5 Å². The highest BCUT2D eigenvalue weighted by Gasteiger charge is 2.36. The number of rotatable bonds is 3. The fraction of sp³-hybridized carbons (Fsp3) is 0.286. The lowest BCUT2D eigenvalue weighted by Gasteiger charge is -2.40. The average molecular weight is 443 g/mol. The van der Waals surface area contributed by atoms with Gasteiger partial charge in [0.1, 0.15) is 5.82 Å². The summed E-state index contributed by atoms with van der Waals surface area (Å²) in [6.07, 6.45) is 4.03. The zero-order chi connectivity index (χ0) is 22.1. The van der Waals surface area contributed by atoms with Gasteiger partial charge in [0, 0.05) is 23.2 Å². The van der Waals surface area contributed by atoms with Crippen LogP contribution in [0.25, 0.3) is 11.1 Å². The van der Waals surface area contributed by atoms with Crippen LogP contribution in [0.2, 0.25) is 5.02 Å². The molecule has 8 nitrogen and oxygen atoms in total. The van der Waals surface area contributed by atoms with Gasteiger partial charge in [0.15, 0.2) is 0 Å². The molecule has 0 bridgehead atoms. The second-order valence-electron chi connectivity index (χ2n) is 7.40. The minimum absolute atomic E-state index is 0.0250. The Morgan fingerprint density at radius 3 is 2.87 bits per heavy atom. The molecule has 10 heteroatoms. The first-order valence-corrected chi connectivity index (χ1v) is 10.2. The van der Waals surface area contributed by atoms with Crippen LogP contribution in [0.15, 0.2) is 41.5 Å². The van der Waals surface area contributed by atoms with Crippen LogP contribution in [0.1, 0.15) is 37.6 Å². The number of carbonyl (C=O) groups is 1. The van der Waals surface area contributed by atoms with E-state index in [1.807, 2.05) is 13.8 Å². The van der Waals surface area contributed by atoms with Crippen molar-refractivity contribution in [2.24, 2.45) is 0 Å². The highest BCUT2D eigenvalue weighted by atomic mass is 35.5. The van der Waals surface area contributed by atoms with Crippen LogP contribution in [-0.4, -0.2) is 37.4 Å². The summed E-state index contributed by atoms with van der Waals surface area (Å²) in [5.41, 5.74) is 2.23. The zero-order valence-corrected chi connectivity index (χ0v) is 17.7. The van der Waals surface area contributed by atoms with Crippen LogP contribution >= 0.6 is 11.6 Å². The summed E-state index contributed by atoms with van der Waals surface area (Å²) in [5.74, 6) is -0.620. The Bertz CT molecular complexity index is 1190. The van der Waals surface area contributed by atoms with Gasteiger partial charge >= 0.3 is 6.03 Å².